The Hall–Kier alpha value is -1.42. The minimum absolute atomic E-state index is 0.277. The summed E-state index contributed by atoms with van der Waals surface area (Å²) in [7, 11) is 4.32. The molecule has 4 nitrogen and oxygen atoms in total. The van der Waals surface area contributed by atoms with Crippen LogP contribution in [0.15, 0.2) is 24.4 Å². The lowest BCUT2D eigenvalue weighted by Crippen LogP contribution is -2.35. The highest BCUT2D eigenvalue weighted by atomic mass is 16.1. The van der Waals surface area contributed by atoms with E-state index in [0.717, 1.165) is 13.0 Å². The van der Waals surface area contributed by atoms with Crippen LogP contribution in [-0.4, -0.2) is 36.4 Å². The lowest BCUT2D eigenvalue weighted by Gasteiger charge is -2.37. The highest BCUT2D eigenvalue weighted by molar-refractivity contribution is 5.76. The second-order valence-corrected chi connectivity index (χ2v) is 8.60. The van der Waals surface area contributed by atoms with Crippen LogP contribution in [0.1, 0.15) is 69.5 Å². The average molecular weight is 358 g/mol. The third-order valence-electron chi connectivity index (χ3n) is 6.42. The molecule has 1 aromatic heterocycles. The fourth-order valence-electron chi connectivity index (χ4n) is 4.99. The predicted molar refractivity (Wildman–Crippen MR) is 106 cm³/mol. The number of nitrogens with one attached hydrogen (secondary N) is 1. The smallest absolute Gasteiger partial charge is 0.220 e. The minimum Gasteiger partial charge on any atom is -0.356 e. The Morgan fingerprint density at radius 3 is 2.46 bits per heavy atom. The van der Waals surface area contributed by atoms with Gasteiger partial charge in [-0.15, -0.1) is 0 Å². The summed E-state index contributed by atoms with van der Waals surface area (Å²) >= 11 is 0. The summed E-state index contributed by atoms with van der Waals surface area (Å²) in [4.78, 5) is 19.1. The lowest BCUT2D eigenvalue weighted by molar-refractivity contribution is -0.122. The number of aromatic nitrogens is 1. The van der Waals surface area contributed by atoms with Crippen molar-refractivity contribution in [3.05, 3.63) is 30.1 Å². The molecule has 0 aromatic carbocycles. The number of pyridine rings is 1. The van der Waals surface area contributed by atoms with E-state index in [1.807, 2.05) is 12.3 Å². The van der Waals surface area contributed by atoms with Gasteiger partial charge in [0.1, 0.15) is 0 Å². The van der Waals surface area contributed by atoms with E-state index >= 15 is 0 Å². The van der Waals surface area contributed by atoms with Gasteiger partial charge < -0.3 is 10.2 Å². The fourth-order valence-corrected chi connectivity index (χ4v) is 4.99. The molecule has 1 aromatic rings. The summed E-state index contributed by atoms with van der Waals surface area (Å²) in [5.41, 5.74) is 1.19. The Morgan fingerprint density at radius 1 is 1.12 bits per heavy atom. The topological polar surface area (TPSA) is 45.2 Å². The zero-order chi connectivity index (χ0) is 18.4. The second kappa shape index (κ2) is 9.50. The van der Waals surface area contributed by atoms with E-state index < -0.39 is 0 Å². The summed E-state index contributed by atoms with van der Waals surface area (Å²) in [6.07, 6.45) is 12.6. The van der Waals surface area contributed by atoms with E-state index in [1.165, 1.54) is 57.1 Å². The summed E-state index contributed by atoms with van der Waals surface area (Å²) in [5, 5.41) is 3.22. The van der Waals surface area contributed by atoms with Gasteiger partial charge in [-0.05, 0) is 82.5 Å². The third-order valence-corrected chi connectivity index (χ3v) is 6.42. The molecule has 144 valence electrons. The number of hydrogen-bond acceptors (Lipinski definition) is 3. The first kappa shape index (κ1) is 19.3. The Morgan fingerprint density at radius 2 is 1.85 bits per heavy atom. The number of amides is 1. The quantitative estimate of drug-likeness (QED) is 0.796. The zero-order valence-corrected chi connectivity index (χ0v) is 16.5. The first-order chi connectivity index (χ1) is 12.6. The van der Waals surface area contributed by atoms with Crippen molar-refractivity contribution in [2.75, 3.05) is 20.6 Å². The van der Waals surface area contributed by atoms with Crippen LogP contribution in [0.25, 0.3) is 0 Å². The summed E-state index contributed by atoms with van der Waals surface area (Å²) < 4.78 is 0. The van der Waals surface area contributed by atoms with Crippen molar-refractivity contribution in [3.63, 3.8) is 0 Å². The van der Waals surface area contributed by atoms with Crippen LogP contribution in [0.4, 0.5) is 0 Å². The van der Waals surface area contributed by atoms with Gasteiger partial charge in [0.15, 0.2) is 0 Å². The summed E-state index contributed by atoms with van der Waals surface area (Å²) in [6.45, 7) is 0.870. The molecule has 1 amide bonds. The van der Waals surface area contributed by atoms with Crippen molar-refractivity contribution < 1.29 is 4.79 Å². The van der Waals surface area contributed by atoms with E-state index in [9.17, 15) is 4.79 Å². The van der Waals surface area contributed by atoms with Crippen LogP contribution in [0.3, 0.4) is 0 Å². The molecule has 3 rings (SSSR count). The summed E-state index contributed by atoms with van der Waals surface area (Å²) in [5.74, 6) is 2.22. The van der Waals surface area contributed by atoms with E-state index in [4.69, 9.17) is 0 Å². The highest BCUT2D eigenvalue weighted by Crippen LogP contribution is 2.38. The van der Waals surface area contributed by atoms with Gasteiger partial charge in [0, 0.05) is 19.2 Å². The van der Waals surface area contributed by atoms with E-state index in [1.54, 1.807) is 0 Å². The Labute approximate surface area is 158 Å². The number of hydrogen-bond donors (Lipinski definition) is 1. The van der Waals surface area contributed by atoms with Crippen LogP contribution < -0.4 is 5.32 Å². The third kappa shape index (κ3) is 5.29. The van der Waals surface area contributed by atoms with Gasteiger partial charge in [-0.1, -0.05) is 18.9 Å². The fraction of sp³-hybridized carbons (Fsp3) is 0.727. The molecule has 2 fully saturated rings. The zero-order valence-electron chi connectivity index (χ0n) is 16.5. The van der Waals surface area contributed by atoms with Crippen molar-refractivity contribution in [3.8, 4) is 0 Å². The molecule has 2 saturated carbocycles. The van der Waals surface area contributed by atoms with Crippen molar-refractivity contribution in [1.82, 2.24) is 15.2 Å². The number of nitrogens with zero attached hydrogens (tertiary/aromatic N) is 2. The molecule has 0 saturated heterocycles. The molecule has 0 unspecified atom stereocenters. The molecule has 1 heterocycles. The van der Waals surface area contributed by atoms with Gasteiger partial charge in [0.2, 0.25) is 5.91 Å². The van der Waals surface area contributed by atoms with Gasteiger partial charge in [0.05, 0.1) is 11.7 Å². The van der Waals surface area contributed by atoms with E-state index in [-0.39, 0.29) is 5.91 Å². The molecule has 2 aliphatic rings. The maximum Gasteiger partial charge on any atom is 0.220 e. The predicted octanol–water partition coefficient (Wildman–Crippen LogP) is 4.19. The minimum atomic E-state index is 0.277. The van der Waals surface area contributed by atoms with Gasteiger partial charge in [-0.3, -0.25) is 9.78 Å². The molecule has 2 aliphatic carbocycles. The SMILES string of the molecule is CN(C)[C@H](c1ccccn1)C1CCC(CNC(=O)CC2CCCC2)CC1. The van der Waals surface area contributed by atoms with Crippen molar-refractivity contribution in [2.45, 2.75) is 63.8 Å². The molecule has 4 heteroatoms. The van der Waals surface area contributed by atoms with E-state index in [0.29, 0.717) is 23.8 Å². The van der Waals surface area contributed by atoms with Crippen LogP contribution >= 0.6 is 0 Å². The van der Waals surface area contributed by atoms with Crippen LogP contribution in [0.2, 0.25) is 0 Å². The molecule has 0 spiro atoms. The maximum absolute atomic E-state index is 12.2. The Kier molecular flexibility index (Phi) is 7.07. The van der Waals surface area contributed by atoms with Crippen molar-refractivity contribution in [2.24, 2.45) is 17.8 Å². The van der Waals surface area contributed by atoms with E-state index in [2.05, 4.69) is 41.4 Å². The largest absolute Gasteiger partial charge is 0.356 e. The van der Waals surface area contributed by atoms with Gasteiger partial charge in [0.25, 0.3) is 0 Å². The van der Waals surface area contributed by atoms with Crippen LogP contribution in [-0.2, 0) is 4.79 Å². The molecule has 26 heavy (non-hydrogen) atoms. The molecule has 1 atom stereocenters. The average Bonchev–Trinajstić information content (AvgIpc) is 3.15. The first-order valence-electron chi connectivity index (χ1n) is 10.5. The maximum atomic E-state index is 12.2. The molecular weight excluding hydrogens is 322 g/mol. The normalized spacial score (nSPS) is 25.3. The van der Waals surface area contributed by atoms with Crippen LogP contribution in [0.5, 0.6) is 0 Å². The standard InChI is InChI=1S/C22H35N3O/c1-25(2)22(20-9-5-6-14-23-20)19-12-10-18(11-13-19)16-24-21(26)15-17-7-3-4-8-17/h5-6,9,14,17-19,22H,3-4,7-8,10-13,15-16H2,1-2H3,(H,24,26)/t18?,19?,22-/m0/s1. The molecule has 0 aliphatic heterocycles. The number of rotatable bonds is 7. The number of carbonyl (C=O) groups excluding carboxylic acids is 1. The molecule has 0 bridgehead atoms. The Bertz CT molecular complexity index is 546. The lowest BCUT2D eigenvalue weighted by atomic mass is 9.77. The second-order valence-electron chi connectivity index (χ2n) is 8.60. The molecular formula is C22H35N3O. The first-order valence-corrected chi connectivity index (χ1v) is 10.5. The number of carbonyl (C=O) groups is 1. The van der Waals surface area contributed by atoms with Crippen LogP contribution in [0, 0.1) is 17.8 Å². The van der Waals surface area contributed by atoms with Gasteiger partial charge in [-0.25, -0.2) is 0 Å². The molecule has 0 radical (unpaired) electrons. The van der Waals surface area contributed by atoms with Gasteiger partial charge >= 0.3 is 0 Å². The van der Waals surface area contributed by atoms with Gasteiger partial charge in [-0.2, -0.15) is 0 Å². The summed E-state index contributed by atoms with van der Waals surface area (Å²) in [6, 6.07) is 6.63. The highest BCUT2D eigenvalue weighted by Gasteiger charge is 2.30. The monoisotopic (exact) mass is 357 g/mol. The van der Waals surface area contributed by atoms with Crippen molar-refractivity contribution >= 4 is 5.91 Å². The van der Waals surface area contributed by atoms with Crippen molar-refractivity contribution in [1.29, 1.82) is 0 Å². The molecule has 1 N–H and O–H groups in total. The Balaban J connectivity index is 1.43.